The Bertz CT molecular complexity index is 667. The molecule has 0 saturated carbocycles. The minimum Gasteiger partial charge on any atom is -0.324 e. The number of para-hydroxylation sites is 1. The molecule has 128 valence electrons. The van der Waals surface area contributed by atoms with Crippen molar-refractivity contribution in [1.82, 2.24) is 10.2 Å². The number of piperazine rings is 1. The van der Waals surface area contributed by atoms with E-state index in [9.17, 15) is 22.0 Å². The number of nitrogens with zero attached hydrogens (tertiary/aromatic N) is 1. The number of nitrogens with one attached hydrogen (secondary N) is 2. The fourth-order valence-electron chi connectivity index (χ4n) is 2.41. The van der Waals surface area contributed by atoms with Crippen LogP contribution in [0.5, 0.6) is 0 Å². The summed E-state index contributed by atoms with van der Waals surface area (Å²) in [5.41, 5.74) is -0.124. The first-order valence-corrected chi connectivity index (χ1v) is 8.72. The van der Waals surface area contributed by atoms with Gasteiger partial charge in [0.05, 0.1) is 17.1 Å². The second-order valence-electron chi connectivity index (χ2n) is 5.37. The van der Waals surface area contributed by atoms with Gasteiger partial charge in [0.25, 0.3) is 0 Å². The molecule has 1 heterocycles. The fraction of sp³-hybridized carbons (Fsp3) is 0.500. The van der Waals surface area contributed by atoms with Gasteiger partial charge in [0.2, 0.25) is 15.7 Å². The number of halogens is 2. The average Bonchev–Trinajstić information content (AvgIpc) is 2.50. The van der Waals surface area contributed by atoms with Crippen molar-refractivity contribution >= 4 is 21.4 Å². The Morgan fingerprint density at radius 2 is 2.13 bits per heavy atom. The van der Waals surface area contributed by atoms with Crippen LogP contribution in [0.1, 0.15) is 6.92 Å². The number of hydrogen-bond acceptors (Lipinski definition) is 5. The zero-order valence-electron chi connectivity index (χ0n) is 12.6. The number of benzene rings is 1. The van der Waals surface area contributed by atoms with E-state index in [1.807, 2.05) is 11.8 Å². The third-order valence-corrected chi connectivity index (χ3v) is 5.13. The van der Waals surface area contributed by atoms with E-state index in [-0.39, 0.29) is 18.3 Å². The summed E-state index contributed by atoms with van der Waals surface area (Å²) in [5, 5.41) is 5.62. The molecule has 0 radical (unpaired) electrons. The molecule has 1 atom stereocenters. The number of carbonyl (C=O) groups is 1. The zero-order valence-corrected chi connectivity index (χ0v) is 13.4. The van der Waals surface area contributed by atoms with Gasteiger partial charge in [-0.15, -0.1) is 0 Å². The summed E-state index contributed by atoms with van der Waals surface area (Å²) in [6.07, 6.45) is 0. The molecular formula is C14H19F2N3O3S. The SMILES string of the molecule is C[C@H]1CNCCN1CC(=O)Nc1ccccc1S(=O)(=O)C(F)F. The van der Waals surface area contributed by atoms with Crippen molar-refractivity contribution in [3.8, 4) is 0 Å². The molecule has 0 bridgehead atoms. The third kappa shape index (κ3) is 4.24. The van der Waals surface area contributed by atoms with Crippen LogP contribution in [-0.4, -0.2) is 57.2 Å². The maximum Gasteiger partial charge on any atom is 0.341 e. The van der Waals surface area contributed by atoms with Crippen LogP contribution in [-0.2, 0) is 14.6 Å². The molecule has 23 heavy (non-hydrogen) atoms. The lowest BCUT2D eigenvalue weighted by Gasteiger charge is -2.33. The molecule has 1 aliphatic heterocycles. The van der Waals surface area contributed by atoms with E-state index in [2.05, 4.69) is 10.6 Å². The van der Waals surface area contributed by atoms with Crippen LogP contribution in [0.25, 0.3) is 0 Å². The Morgan fingerprint density at radius 3 is 2.78 bits per heavy atom. The largest absolute Gasteiger partial charge is 0.341 e. The van der Waals surface area contributed by atoms with Gasteiger partial charge in [0.15, 0.2) is 0 Å². The molecule has 9 heteroatoms. The minimum absolute atomic E-state index is 0.0753. The summed E-state index contributed by atoms with van der Waals surface area (Å²) in [4.78, 5) is 13.5. The van der Waals surface area contributed by atoms with Crippen molar-refractivity contribution in [2.45, 2.75) is 23.6 Å². The van der Waals surface area contributed by atoms with Gasteiger partial charge in [-0.2, -0.15) is 8.78 Å². The molecule has 2 rings (SSSR count). The number of carbonyl (C=O) groups excluding carboxylic acids is 1. The molecule has 0 spiro atoms. The van der Waals surface area contributed by atoms with Crippen LogP contribution in [0.3, 0.4) is 0 Å². The van der Waals surface area contributed by atoms with Gasteiger partial charge in [0.1, 0.15) is 0 Å². The maximum atomic E-state index is 12.7. The summed E-state index contributed by atoms with van der Waals surface area (Å²) in [5.74, 6) is -3.97. The van der Waals surface area contributed by atoms with Crippen LogP contribution in [0.4, 0.5) is 14.5 Å². The van der Waals surface area contributed by atoms with Gasteiger partial charge in [-0.05, 0) is 19.1 Å². The molecule has 1 fully saturated rings. The van der Waals surface area contributed by atoms with Crippen LogP contribution < -0.4 is 10.6 Å². The van der Waals surface area contributed by atoms with Crippen molar-refractivity contribution < 1.29 is 22.0 Å². The molecule has 0 unspecified atom stereocenters. The molecule has 2 N–H and O–H groups in total. The third-order valence-electron chi connectivity index (χ3n) is 3.69. The summed E-state index contributed by atoms with van der Waals surface area (Å²) in [6.45, 7) is 4.24. The van der Waals surface area contributed by atoms with Gasteiger partial charge in [-0.25, -0.2) is 8.42 Å². The second kappa shape index (κ2) is 7.33. The van der Waals surface area contributed by atoms with Crippen molar-refractivity contribution in [2.75, 3.05) is 31.5 Å². The highest BCUT2D eigenvalue weighted by molar-refractivity contribution is 7.91. The monoisotopic (exact) mass is 347 g/mol. The number of amides is 1. The number of alkyl halides is 2. The van der Waals surface area contributed by atoms with Crippen LogP contribution in [0.15, 0.2) is 29.2 Å². The lowest BCUT2D eigenvalue weighted by molar-refractivity contribution is -0.118. The molecule has 1 saturated heterocycles. The van der Waals surface area contributed by atoms with Crippen LogP contribution in [0, 0.1) is 0 Å². The fourth-order valence-corrected chi connectivity index (χ4v) is 3.29. The van der Waals surface area contributed by atoms with E-state index in [4.69, 9.17) is 0 Å². The Hall–Kier alpha value is -1.58. The molecule has 6 nitrogen and oxygen atoms in total. The van der Waals surface area contributed by atoms with Gasteiger partial charge in [-0.1, -0.05) is 12.1 Å². The highest BCUT2D eigenvalue weighted by atomic mass is 32.2. The summed E-state index contributed by atoms with van der Waals surface area (Å²) in [7, 11) is -4.77. The predicted octanol–water partition coefficient (Wildman–Crippen LogP) is 0.915. The topological polar surface area (TPSA) is 78.5 Å². The van der Waals surface area contributed by atoms with Crippen LogP contribution in [0.2, 0.25) is 0 Å². The van der Waals surface area contributed by atoms with Gasteiger partial charge in [0, 0.05) is 25.7 Å². The van der Waals surface area contributed by atoms with E-state index < -0.39 is 26.4 Å². The van der Waals surface area contributed by atoms with Crippen LogP contribution >= 0.6 is 0 Å². The zero-order chi connectivity index (χ0) is 17.0. The molecular weight excluding hydrogens is 328 g/mol. The Morgan fingerprint density at radius 1 is 1.43 bits per heavy atom. The van der Waals surface area contributed by atoms with E-state index >= 15 is 0 Å². The first kappa shape index (κ1) is 17.8. The van der Waals surface area contributed by atoms with E-state index in [0.29, 0.717) is 6.54 Å². The Kier molecular flexibility index (Phi) is 5.66. The smallest absolute Gasteiger partial charge is 0.324 e. The minimum atomic E-state index is -4.77. The van der Waals surface area contributed by atoms with Crippen molar-refractivity contribution in [2.24, 2.45) is 0 Å². The highest BCUT2D eigenvalue weighted by Gasteiger charge is 2.29. The van der Waals surface area contributed by atoms with Crippen molar-refractivity contribution in [3.63, 3.8) is 0 Å². The van der Waals surface area contributed by atoms with E-state index in [1.54, 1.807) is 0 Å². The van der Waals surface area contributed by atoms with Gasteiger partial charge in [-0.3, -0.25) is 9.69 Å². The summed E-state index contributed by atoms with van der Waals surface area (Å²) in [6, 6.07) is 5.34. The maximum absolute atomic E-state index is 12.7. The lowest BCUT2D eigenvalue weighted by atomic mass is 10.2. The van der Waals surface area contributed by atoms with E-state index in [0.717, 1.165) is 19.2 Å². The molecule has 1 aromatic carbocycles. The highest BCUT2D eigenvalue weighted by Crippen LogP contribution is 2.26. The number of anilines is 1. The molecule has 0 aromatic heterocycles. The molecule has 1 aromatic rings. The number of hydrogen-bond donors (Lipinski definition) is 2. The van der Waals surface area contributed by atoms with Gasteiger partial charge < -0.3 is 10.6 Å². The number of rotatable bonds is 5. The Labute approximate surface area is 133 Å². The summed E-state index contributed by atoms with van der Waals surface area (Å²) >= 11 is 0. The Balaban J connectivity index is 2.13. The standard InChI is InChI=1S/C14H19F2N3O3S/c1-10-8-17-6-7-19(10)9-13(20)18-11-4-2-3-5-12(11)23(21,22)14(15)16/h2-5,10,14,17H,6-9H2,1H3,(H,18,20)/t10-/m0/s1. The average molecular weight is 347 g/mol. The van der Waals surface area contributed by atoms with Gasteiger partial charge >= 0.3 is 5.76 Å². The van der Waals surface area contributed by atoms with Crippen molar-refractivity contribution in [1.29, 1.82) is 0 Å². The first-order valence-electron chi connectivity index (χ1n) is 7.18. The predicted molar refractivity (Wildman–Crippen MR) is 82.2 cm³/mol. The summed E-state index contributed by atoms with van der Waals surface area (Å²) < 4.78 is 48.8. The lowest BCUT2D eigenvalue weighted by Crippen LogP contribution is -2.52. The molecule has 1 aliphatic rings. The van der Waals surface area contributed by atoms with Crippen molar-refractivity contribution in [3.05, 3.63) is 24.3 Å². The van der Waals surface area contributed by atoms with E-state index in [1.165, 1.54) is 18.2 Å². The quantitative estimate of drug-likeness (QED) is 0.828. The normalized spacial score (nSPS) is 19.7. The second-order valence-corrected chi connectivity index (χ2v) is 7.26. The molecule has 0 aliphatic carbocycles. The molecule has 1 amide bonds. The number of sulfone groups is 1. The first-order chi connectivity index (χ1) is 10.8.